The van der Waals surface area contributed by atoms with Gasteiger partial charge in [0.2, 0.25) is 5.91 Å². The van der Waals surface area contributed by atoms with Crippen molar-refractivity contribution in [3.05, 3.63) is 54.0 Å². The van der Waals surface area contributed by atoms with E-state index >= 15 is 0 Å². The molecule has 0 spiro atoms. The number of hydrogen-bond acceptors (Lipinski definition) is 5. The van der Waals surface area contributed by atoms with Crippen molar-refractivity contribution in [3.63, 3.8) is 0 Å². The van der Waals surface area contributed by atoms with Crippen molar-refractivity contribution in [3.8, 4) is 0 Å². The second-order valence-electron chi connectivity index (χ2n) is 6.05. The summed E-state index contributed by atoms with van der Waals surface area (Å²) in [5.74, 6) is -0.460. The first kappa shape index (κ1) is 15.0. The summed E-state index contributed by atoms with van der Waals surface area (Å²) >= 11 is 0. The molecule has 3 unspecified atom stereocenters. The van der Waals surface area contributed by atoms with Crippen LogP contribution in [0.1, 0.15) is 24.3 Å². The fourth-order valence-corrected chi connectivity index (χ4v) is 3.55. The summed E-state index contributed by atoms with van der Waals surface area (Å²) in [6, 6.07) is 10.9. The number of furan rings is 1. The van der Waals surface area contributed by atoms with Crippen LogP contribution in [0.15, 0.2) is 47.1 Å². The van der Waals surface area contributed by atoms with Crippen LogP contribution in [0, 0.1) is 12.8 Å². The number of hydrogen-bond donors (Lipinski definition) is 0. The van der Waals surface area contributed by atoms with Crippen LogP contribution in [0.2, 0.25) is 0 Å². The first-order valence-corrected chi connectivity index (χ1v) is 8.03. The SMILES string of the molecule is CCN1C(=O)C2ON(c3ccccc3C)C(c3ccco3)C2C1=O. The Morgan fingerprint density at radius 1 is 1.08 bits per heavy atom. The zero-order valence-corrected chi connectivity index (χ0v) is 13.5. The van der Waals surface area contributed by atoms with Gasteiger partial charge in [-0.25, -0.2) is 5.06 Å². The molecule has 6 heteroatoms. The first-order chi connectivity index (χ1) is 11.6. The molecule has 3 heterocycles. The lowest BCUT2D eigenvalue weighted by Crippen LogP contribution is -2.37. The monoisotopic (exact) mass is 326 g/mol. The Kier molecular flexibility index (Phi) is 3.42. The lowest BCUT2D eigenvalue weighted by molar-refractivity contribution is -0.142. The quantitative estimate of drug-likeness (QED) is 0.811. The van der Waals surface area contributed by atoms with Crippen LogP contribution in [0.25, 0.3) is 0 Å². The third-order valence-corrected chi connectivity index (χ3v) is 4.71. The molecular formula is C18H18N2O4. The number of carbonyl (C=O) groups excluding carboxylic acids is 2. The van der Waals surface area contributed by atoms with Crippen molar-refractivity contribution in [1.29, 1.82) is 0 Å². The Balaban J connectivity index is 1.81. The Bertz CT molecular complexity index is 786. The van der Waals surface area contributed by atoms with Gasteiger partial charge < -0.3 is 4.42 Å². The standard InChI is InChI=1S/C18H18N2O4/c1-3-19-17(21)14-15(13-9-6-10-23-13)20(24-16(14)18(19)22)12-8-5-4-7-11(12)2/h4-10,14-16H,3H2,1-2H3. The summed E-state index contributed by atoms with van der Waals surface area (Å²) in [5, 5.41) is 1.66. The van der Waals surface area contributed by atoms with Gasteiger partial charge in [-0.2, -0.15) is 0 Å². The first-order valence-electron chi connectivity index (χ1n) is 8.03. The number of imide groups is 1. The zero-order valence-electron chi connectivity index (χ0n) is 13.5. The van der Waals surface area contributed by atoms with Gasteiger partial charge in [0.1, 0.15) is 17.7 Å². The molecule has 2 aromatic rings. The Hall–Kier alpha value is -2.60. The van der Waals surface area contributed by atoms with Crippen molar-refractivity contribution >= 4 is 17.5 Å². The van der Waals surface area contributed by atoms with Crippen LogP contribution in [0.3, 0.4) is 0 Å². The van der Waals surface area contributed by atoms with Gasteiger partial charge in [0.25, 0.3) is 5.91 Å². The van der Waals surface area contributed by atoms with Crippen molar-refractivity contribution in [1.82, 2.24) is 4.90 Å². The molecule has 0 saturated carbocycles. The summed E-state index contributed by atoms with van der Waals surface area (Å²) in [4.78, 5) is 32.5. The van der Waals surface area contributed by atoms with E-state index in [1.54, 1.807) is 24.3 Å². The minimum Gasteiger partial charge on any atom is -0.467 e. The fraction of sp³-hybridized carbons (Fsp3) is 0.333. The Labute approximate surface area is 139 Å². The predicted molar refractivity (Wildman–Crippen MR) is 85.9 cm³/mol. The Morgan fingerprint density at radius 3 is 2.54 bits per heavy atom. The van der Waals surface area contributed by atoms with Crippen molar-refractivity contribution < 1.29 is 18.8 Å². The van der Waals surface area contributed by atoms with Gasteiger partial charge in [-0.3, -0.25) is 19.3 Å². The third kappa shape index (κ3) is 1.99. The van der Waals surface area contributed by atoms with E-state index in [-0.39, 0.29) is 11.8 Å². The highest BCUT2D eigenvalue weighted by Crippen LogP contribution is 2.47. The largest absolute Gasteiger partial charge is 0.467 e. The molecule has 2 aliphatic heterocycles. The maximum absolute atomic E-state index is 12.8. The van der Waals surface area contributed by atoms with Crippen LogP contribution >= 0.6 is 0 Å². The normalized spacial score (nSPS) is 26.3. The molecule has 1 aromatic carbocycles. The number of fused-ring (bicyclic) bond motifs is 1. The van der Waals surface area contributed by atoms with Crippen LogP contribution in [-0.4, -0.2) is 29.4 Å². The number of benzene rings is 1. The fourth-order valence-electron chi connectivity index (χ4n) is 3.55. The predicted octanol–water partition coefficient (Wildman–Crippen LogP) is 2.45. The van der Waals surface area contributed by atoms with E-state index in [4.69, 9.17) is 9.25 Å². The van der Waals surface area contributed by atoms with Gasteiger partial charge in [-0.1, -0.05) is 18.2 Å². The molecule has 0 N–H and O–H groups in total. The number of likely N-dealkylation sites (N-methyl/N-ethyl adjacent to an activating group) is 1. The molecule has 2 fully saturated rings. The second-order valence-corrected chi connectivity index (χ2v) is 6.05. The number of nitrogens with zero attached hydrogens (tertiary/aromatic N) is 2. The lowest BCUT2D eigenvalue weighted by atomic mass is 9.94. The van der Waals surface area contributed by atoms with Gasteiger partial charge in [0.15, 0.2) is 6.10 Å². The molecule has 0 radical (unpaired) electrons. The van der Waals surface area contributed by atoms with E-state index in [2.05, 4.69) is 0 Å². The van der Waals surface area contributed by atoms with Gasteiger partial charge in [0, 0.05) is 6.54 Å². The summed E-state index contributed by atoms with van der Waals surface area (Å²) < 4.78 is 5.57. The van der Waals surface area contributed by atoms with Crippen molar-refractivity contribution in [2.45, 2.75) is 26.0 Å². The molecule has 1 aromatic heterocycles. The highest BCUT2D eigenvalue weighted by molar-refractivity contribution is 6.07. The minimum atomic E-state index is -0.799. The molecule has 4 rings (SSSR count). The maximum Gasteiger partial charge on any atom is 0.261 e. The van der Waals surface area contributed by atoms with E-state index in [1.807, 2.05) is 37.3 Å². The second kappa shape index (κ2) is 5.49. The molecule has 0 aliphatic carbocycles. The summed E-state index contributed by atoms with van der Waals surface area (Å²) in [5.41, 5.74) is 1.83. The third-order valence-electron chi connectivity index (χ3n) is 4.71. The van der Waals surface area contributed by atoms with Crippen LogP contribution in [0.4, 0.5) is 5.69 Å². The number of carbonyl (C=O) groups is 2. The lowest BCUT2D eigenvalue weighted by Gasteiger charge is -2.28. The number of anilines is 1. The van der Waals surface area contributed by atoms with E-state index in [0.29, 0.717) is 12.3 Å². The van der Waals surface area contributed by atoms with Crippen LogP contribution < -0.4 is 5.06 Å². The van der Waals surface area contributed by atoms with Gasteiger partial charge in [-0.05, 0) is 37.6 Å². The van der Waals surface area contributed by atoms with Gasteiger partial charge in [0.05, 0.1) is 12.0 Å². The number of amides is 2. The van der Waals surface area contributed by atoms with Crippen molar-refractivity contribution in [2.75, 3.05) is 11.6 Å². The van der Waals surface area contributed by atoms with E-state index in [9.17, 15) is 9.59 Å². The molecule has 2 saturated heterocycles. The molecule has 124 valence electrons. The average molecular weight is 326 g/mol. The van der Waals surface area contributed by atoms with E-state index in [1.165, 1.54) is 4.90 Å². The van der Waals surface area contributed by atoms with Gasteiger partial charge in [-0.15, -0.1) is 0 Å². The molecular weight excluding hydrogens is 308 g/mol. The smallest absolute Gasteiger partial charge is 0.261 e. The van der Waals surface area contributed by atoms with E-state index in [0.717, 1.165) is 11.3 Å². The highest BCUT2D eigenvalue weighted by Gasteiger charge is 2.60. The van der Waals surface area contributed by atoms with Crippen LogP contribution in [0.5, 0.6) is 0 Å². The maximum atomic E-state index is 12.8. The zero-order chi connectivity index (χ0) is 16.8. The molecule has 0 bridgehead atoms. The summed E-state index contributed by atoms with van der Waals surface area (Å²) in [7, 11) is 0. The number of aryl methyl sites for hydroxylation is 1. The molecule has 24 heavy (non-hydrogen) atoms. The number of likely N-dealkylation sites (tertiary alicyclic amines) is 1. The summed E-state index contributed by atoms with van der Waals surface area (Å²) in [6.45, 7) is 4.11. The molecule has 2 aliphatic rings. The number of para-hydroxylation sites is 1. The average Bonchev–Trinajstić information content (AvgIpc) is 3.26. The Morgan fingerprint density at radius 2 is 1.88 bits per heavy atom. The highest BCUT2D eigenvalue weighted by atomic mass is 16.7. The molecule has 6 nitrogen and oxygen atoms in total. The topological polar surface area (TPSA) is 63.0 Å². The van der Waals surface area contributed by atoms with E-state index < -0.39 is 18.1 Å². The summed E-state index contributed by atoms with van der Waals surface area (Å²) in [6.07, 6.45) is 0.768. The van der Waals surface area contributed by atoms with Crippen molar-refractivity contribution in [2.24, 2.45) is 5.92 Å². The minimum absolute atomic E-state index is 0.204. The van der Waals surface area contributed by atoms with Gasteiger partial charge >= 0.3 is 0 Å². The number of rotatable bonds is 3. The molecule has 3 atom stereocenters. The number of hydroxylamine groups is 1. The van der Waals surface area contributed by atoms with Crippen LogP contribution in [-0.2, 0) is 14.4 Å². The molecule has 2 amide bonds.